The Kier molecular flexibility index (Phi) is 4.84. The molecule has 0 aliphatic heterocycles. The van der Waals surface area contributed by atoms with Crippen LogP contribution in [0.5, 0.6) is 5.75 Å². The van der Waals surface area contributed by atoms with Crippen molar-refractivity contribution in [2.24, 2.45) is 0 Å². The number of esters is 1. The summed E-state index contributed by atoms with van der Waals surface area (Å²) in [5.41, 5.74) is 4.57. The first-order chi connectivity index (χ1) is 10.8. The maximum Gasteiger partial charge on any atom is 0.338 e. The molecule has 0 saturated carbocycles. The fourth-order valence-electron chi connectivity index (χ4n) is 2.84. The van der Waals surface area contributed by atoms with Crippen LogP contribution in [0.4, 0.5) is 0 Å². The van der Waals surface area contributed by atoms with Crippen molar-refractivity contribution < 1.29 is 19.4 Å². The number of benzene rings is 2. The van der Waals surface area contributed by atoms with Crippen LogP contribution in [-0.4, -0.2) is 16.9 Å². The van der Waals surface area contributed by atoms with E-state index in [-0.39, 0.29) is 18.1 Å². The van der Waals surface area contributed by atoms with Gasteiger partial charge in [0.2, 0.25) is 0 Å². The standard InChI is InChI=1S/C19H20O4/c1-11-8-12(2)18(14(4)20)13(3)17(11)10-23-19(22)15-6-5-7-16(21)9-15/h5-9,21H,10H2,1-4H3. The van der Waals surface area contributed by atoms with Gasteiger partial charge in [0.25, 0.3) is 0 Å². The average Bonchev–Trinajstić information content (AvgIpc) is 2.45. The summed E-state index contributed by atoms with van der Waals surface area (Å²) in [6, 6.07) is 7.95. The van der Waals surface area contributed by atoms with Gasteiger partial charge in [0, 0.05) is 5.56 Å². The zero-order valence-corrected chi connectivity index (χ0v) is 13.8. The minimum atomic E-state index is -0.510. The van der Waals surface area contributed by atoms with Crippen molar-refractivity contribution in [3.63, 3.8) is 0 Å². The van der Waals surface area contributed by atoms with E-state index in [1.54, 1.807) is 12.1 Å². The molecule has 0 heterocycles. The summed E-state index contributed by atoms with van der Waals surface area (Å²) in [6.45, 7) is 7.33. The Bertz CT molecular complexity index is 775. The van der Waals surface area contributed by atoms with Crippen LogP contribution in [0.2, 0.25) is 0 Å². The van der Waals surface area contributed by atoms with Gasteiger partial charge in [-0.15, -0.1) is 0 Å². The smallest absolute Gasteiger partial charge is 0.338 e. The molecule has 0 spiro atoms. The highest BCUT2D eigenvalue weighted by atomic mass is 16.5. The first-order valence-electron chi connectivity index (χ1n) is 7.38. The number of ketones is 1. The van der Waals surface area contributed by atoms with E-state index < -0.39 is 5.97 Å². The number of carbonyl (C=O) groups excluding carboxylic acids is 2. The molecule has 2 aromatic carbocycles. The van der Waals surface area contributed by atoms with E-state index in [0.29, 0.717) is 11.1 Å². The largest absolute Gasteiger partial charge is 0.508 e. The Morgan fingerprint density at radius 3 is 2.39 bits per heavy atom. The van der Waals surface area contributed by atoms with Gasteiger partial charge in [0.15, 0.2) is 5.78 Å². The molecular weight excluding hydrogens is 292 g/mol. The maximum atomic E-state index is 12.1. The lowest BCUT2D eigenvalue weighted by Gasteiger charge is -2.16. The van der Waals surface area contributed by atoms with Crippen LogP contribution in [0, 0.1) is 20.8 Å². The molecule has 120 valence electrons. The molecule has 0 aromatic heterocycles. The van der Waals surface area contributed by atoms with Gasteiger partial charge < -0.3 is 9.84 Å². The zero-order valence-electron chi connectivity index (χ0n) is 13.8. The number of hydrogen-bond donors (Lipinski definition) is 1. The van der Waals surface area contributed by atoms with E-state index in [0.717, 1.165) is 22.3 Å². The van der Waals surface area contributed by atoms with Gasteiger partial charge in [-0.1, -0.05) is 12.1 Å². The molecule has 1 N–H and O–H groups in total. The fraction of sp³-hybridized carbons (Fsp3) is 0.263. The van der Waals surface area contributed by atoms with E-state index in [1.165, 1.54) is 19.1 Å². The van der Waals surface area contributed by atoms with Gasteiger partial charge in [0.05, 0.1) is 5.56 Å². The summed E-state index contributed by atoms with van der Waals surface area (Å²) < 4.78 is 5.34. The van der Waals surface area contributed by atoms with E-state index in [1.807, 2.05) is 26.8 Å². The van der Waals surface area contributed by atoms with Crippen LogP contribution in [0.1, 0.15) is 49.9 Å². The highest BCUT2D eigenvalue weighted by Crippen LogP contribution is 2.24. The van der Waals surface area contributed by atoms with E-state index in [9.17, 15) is 14.7 Å². The molecule has 2 rings (SSSR count). The topological polar surface area (TPSA) is 63.6 Å². The van der Waals surface area contributed by atoms with Crippen LogP contribution in [0.25, 0.3) is 0 Å². The van der Waals surface area contributed by atoms with Crippen LogP contribution >= 0.6 is 0 Å². The van der Waals surface area contributed by atoms with Crippen molar-refractivity contribution >= 4 is 11.8 Å². The summed E-state index contributed by atoms with van der Waals surface area (Å²) in [5.74, 6) is -0.494. The Morgan fingerprint density at radius 1 is 1.09 bits per heavy atom. The third-order valence-electron chi connectivity index (χ3n) is 3.91. The molecule has 4 heteroatoms. The van der Waals surface area contributed by atoms with Crippen molar-refractivity contribution in [3.8, 4) is 5.75 Å². The molecule has 0 aliphatic carbocycles. The van der Waals surface area contributed by atoms with Crippen molar-refractivity contribution in [2.75, 3.05) is 0 Å². The van der Waals surface area contributed by atoms with Gasteiger partial charge in [-0.25, -0.2) is 4.79 Å². The molecule has 0 fully saturated rings. The summed E-state index contributed by atoms with van der Waals surface area (Å²) in [6.07, 6.45) is 0. The average molecular weight is 312 g/mol. The van der Waals surface area contributed by atoms with Gasteiger partial charge >= 0.3 is 5.97 Å². The quantitative estimate of drug-likeness (QED) is 0.687. The number of ether oxygens (including phenoxy) is 1. The Labute approximate surface area is 135 Å². The Morgan fingerprint density at radius 2 is 1.78 bits per heavy atom. The molecule has 4 nitrogen and oxygen atoms in total. The molecule has 23 heavy (non-hydrogen) atoms. The molecule has 0 amide bonds. The van der Waals surface area contributed by atoms with Crippen molar-refractivity contribution in [1.82, 2.24) is 0 Å². The number of carbonyl (C=O) groups is 2. The number of rotatable bonds is 4. The molecule has 2 aromatic rings. The van der Waals surface area contributed by atoms with Crippen molar-refractivity contribution in [3.05, 3.63) is 63.7 Å². The molecule has 0 atom stereocenters. The second-order valence-corrected chi connectivity index (χ2v) is 5.67. The molecule has 0 radical (unpaired) electrons. The monoisotopic (exact) mass is 312 g/mol. The first-order valence-corrected chi connectivity index (χ1v) is 7.38. The SMILES string of the molecule is CC(=O)c1c(C)cc(C)c(COC(=O)c2cccc(O)c2)c1C. The number of hydrogen-bond acceptors (Lipinski definition) is 4. The second-order valence-electron chi connectivity index (χ2n) is 5.67. The van der Waals surface area contributed by atoms with Crippen LogP contribution < -0.4 is 0 Å². The lowest BCUT2D eigenvalue weighted by atomic mass is 9.92. The maximum absolute atomic E-state index is 12.1. The molecule has 0 aliphatic rings. The van der Waals surface area contributed by atoms with E-state index >= 15 is 0 Å². The zero-order chi connectivity index (χ0) is 17.1. The van der Waals surface area contributed by atoms with Gasteiger partial charge in [0.1, 0.15) is 12.4 Å². The Balaban J connectivity index is 2.25. The number of aromatic hydroxyl groups is 1. The fourth-order valence-corrected chi connectivity index (χ4v) is 2.84. The Hall–Kier alpha value is -2.62. The molecular formula is C19H20O4. The predicted octanol–water partition coefficient (Wildman–Crippen LogP) is 3.88. The summed E-state index contributed by atoms with van der Waals surface area (Å²) >= 11 is 0. The number of aryl methyl sites for hydroxylation is 2. The van der Waals surface area contributed by atoms with E-state index in [4.69, 9.17) is 4.74 Å². The molecule has 0 saturated heterocycles. The summed E-state index contributed by atoms with van der Waals surface area (Å²) in [5, 5.41) is 9.42. The number of phenolic OH excluding ortho intramolecular Hbond substituents is 1. The van der Waals surface area contributed by atoms with Gasteiger partial charge in [-0.3, -0.25) is 4.79 Å². The molecule has 0 unspecified atom stereocenters. The summed E-state index contributed by atoms with van der Waals surface area (Å²) in [7, 11) is 0. The number of Topliss-reactive ketones (excluding diaryl/α,β-unsaturated/α-hetero) is 1. The van der Waals surface area contributed by atoms with Crippen molar-refractivity contribution in [1.29, 1.82) is 0 Å². The van der Waals surface area contributed by atoms with Gasteiger partial charge in [-0.05, 0) is 68.1 Å². The highest BCUT2D eigenvalue weighted by Gasteiger charge is 2.16. The first kappa shape index (κ1) is 16.7. The van der Waals surface area contributed by atoms with Crippen molar-refractivity contribution in [2.45, 2.75) is 34.3 Å². The van der Waals surface area contributed by atoms with Crippen LogP contribution in [0.15, 0.2) is 30.3 Å². The number of phenols is 1. The third-order valence-corrected chi connectivity index (χ3v) is 3.91. The minimum Gasteiger partial charge on any atom is -0.508 e. The summed E-state index contributed by atoms with van der Waals surface area (Å²) in [4.78, 5) is 23.9. The lowest BCUT2D eigenvalue weighted by Crippen LogP contribution is -2.10. The minimum absolute atomic E-state index is 0.000517. The van der Waals surface area contributed by atoms with Gasteiger partial charge in [-0.2, -0.15) is 0 Å². The normalized spacial score (nSPS) is 10.4. The predicted molar refractivity (Wildman–Crippen MR) is 87.9 cm³/mol. The van der Waals surface area contributed by atoms with Crippen LogP contribution in [-0.2, 0) is 11.3 Å². The molecule has 0 bridgehead atoms. The third kappa shape index (κ3) is 3.59. The lowest BCUT2D eigenvalue weighted by molar-refractivity contribution is 0.0471. The second kappa shape index (κ2) is 6.65. The van der Waals surface area contributed by atoms with Crippen LogP contribution in [0.3, 0.4) is 0 Å². The highest BCUT2D eigenvalue weighted by molar-refractivity contribution is 5.97. The van der Waals surface area contributed by atoms with E-state index in [2.05, 4.69) is 0 Å².